The number of hydrogen-bond donors (Lipinski definition) is 1. The minimum Gasteiger partial charge on any atom is -0.312 e. The average Bonchev–Trinajstić information content (AvgIpc) is 2.75. The first-order chi connectivity index (χ1) is 8.50. The number of alkyl halides is 3. The molecule has 2 aliphatic rings. The molecule has 2 aliphatic heterocycles. The Hall–Kier alpha value is -0.800. The Balaban J connectivity index is 1.79. The van der Waals surface area contributed by atoms with E-state index in [2.05, 4.69) is 10.2 Å². The van der Waals surface area contributed by atoms with E-state index in [0.717, 1.165) is 32.4 Å². The minimum atomic E-state index is -4.42. The van der Waals surface area contributed by atoms with Gasteiger partial charge in [-0.1, -0.05) is 0 Å². The van der Waals surface area contributed by atoms with E-state index in [1.54, 1.807) is 0 Å². The number of nitriles is 1. The summed E-state index contributed by atoms with van der Waals surface area (Å²) in [5, 5.41) is 11.4. The zero-order valence-electron chi connectivity index (χ0n) is 10.2. The molecule has 18 heavy (non-hydrogen) atoms. The molecule has 0 aromatic carbocycles. The summed E-state index contributed by atoms with van der Waals surface area (Å²) in [6.45, 7) is 1.81. The zero-order chi connectivity index (χ0) is 13.2. The van der Waals surface area contributed by atoms with Crippen molar-refractivity contribution in [1.29, 1.82) is 5.26 Å². The van der Waals surface area contributed by atoms with Gasteiger partial charge in [0.25, 0.3) is 0 Å². The lowest BCUT2D eigenvalue weighted by Crippen LogP contribution is -2.47. The third kappa shape index (κ3) is 3.15. The largest absolute Gasteiger partial charge is 0.405 e. The van der Waals surface area contributed by atoms with Crippen LogP contribution in [0.5, 0.6) is 0 Å². The smallest absolute Gasteiger partial charge is 0.312 e. The van der Waals surface area contributed by atoms with Gasteiger partial charge in [-0.15, -0.1) is 0 Å². The van der Waals surface area contributed by atoms with E-state index < -0.39 is 12.1 Å². The van der Waals surface area contributed by atoms with Crippen LogP contribution in [0.25, 0.3) is 0 Å². The van der Waals surface area contributed by atoms with Crippen molar-refractivity contribution in [3.8, 4) is 6.07 Å². The maximum absolute atomic E-state index is 12.4. The number of nitrogens with zero attached hydrogens (tertiary/aromatic N) is 2. The molecule has 2 saturated heterocycles. The van der Waals surface area contributed by atoms with Gasteiger partial charge in [0.15, 0.2) is 5.92 Å². The van der Waals surface area contributed by atoms with Crippen LogP contribution in [0.4, 0.5) is 13.2 Å². The van der Waals surface area contributed by atoms with Gasteiger partial charge >= 0.3 is 6.18 Å². The Morgan fingerprint density at radius 2 is 2.11 bits per heavy atom. The lowest BCUT2D eigenvalue weighted by molar-refractivity contribution is -0.158. The maximum atomic E-state index is 12.4. The van der Waals surface area contributed by atoms with Gasteiger partial charge in [0.2, 0.25) is 0 Å². The first kappa shape index (κ1) is 13.6. The van der Waals surface area contributed by atoms with Crippen LogP contribution in [0.1, 0.15) is 25.7 Å². The van der Waals surface area contributed by atoms with Gasteiger partial charge in [-0.3, -0.25) is 0 Å². The second-order valence-electron chi connectivity index (χ2n) is 5.18. The summed E-state index contributed by atoms with van der Waals surface area (Å²) in [6, 6.07) is 1.99. The quantitative estimate of drug-likeness (QED) is 0.843. The first-order valence-electron chi connectivity index (χ1n) is 6.44. The normalized spacial score (nSPS) is 30.8. The van der Waals surface area contributed by atoms with E-state index in [1.807, 2.05) is 0 Å². The second-order valence-corrected chi connectivity index (χ2v) is 5.18. The molecule has 0 aromatic heterocycles. The van der Waals surface area contributed by atoms with Crippen molar-refractivity contribution in [2.45, 2.75) is 43.9 Å². The van der Waals surface area contributed by atoms with Crippen LogP contribution in [0.15, 0.2) is 0 Å². The van der Waals surface area contributed by atoms with Crippen LogP contribution in [-0.2, 0) is 0 Å². The Morgan fingerprint density at radius 3 is 2.78 bits per heavy atom. The fourth-order valence-electron chi connectivity index (χ4n) is 2.93. The van der Waals surface area contributed by atoms with Gasteiger partial charge < -0.3 is 10.2 Å². The molecule has 0 amide bonds. The number of nitrogens with one attached hydrogen (secondary N) is 1. The molecule has 3 atom stereocenters. The Morgan fingerprint density at radius 1 is 1.33 bits per heavy atom. The number of hydrogen-bond acceptors (Lipinski definition) is 3. The van der Waals surface area contributed by atoms with E-state index >= 15 is 0 Å². The molecule has 2 rings (SSSR count). The highest BCUT2D eigenvalue weighted by Gasteiger charge is 2.40. The van der Waals surface area contributed by atoms with Crippen molar-refractivity contribution in [3.63, 3.8) is 0 Å². The molecule has 2 fully saturated rings. The topological polar surface area (TPSA) is 39.1 Å². The highest BCUT2D eigenvalue weighted by atomic mass is 19.4. The SMILES string of the molecule is N#CC(CNC1CCN2CCCC2C1)C(F)(F)F. The van der Waals surface area contributed by atoms with Crippen molar-refractivity contribution < 1.29 is 13.2 Å². The molecule has 3 nitrogen and oxygen atoms in total. The molecule has 0 aliphatic carbocycles. The molecule has 0 spiro atoms. The van der Waals surface area contributed by atoms with E-state index in [1.165, 1.54) is 12.5 Å². The summed E-state index contributed by atoms with van der Waals surface area (Å²) in [4.78, 5) is 2.42. The monoisotopic (exact) mass is 261 g/mol. The fourth-order valence-corrected chi connectivity index (χ4v) is 2.93. The van der Waals surface area contributed by atoms with Gasteiger partial charge in [0, 0.05) is 18.6 Å². The van der Waals surface area contributed by atoms with E-state index in [-0.39, 0.29) is 12.6 Å². The van der Waals surface area contributed by atoms with Gasteiger partial charge in [0.1, 0.15) is 0 Å². The maximum Gasteiger partial charge on any atom is 0.405 e. The Bertz CT molecular complexity index is 324. The predicted molar refractivity (Wildman–Crippen MR) is 60.8 cm³/mol. The molecular weight excluding hydrogens is 243 g/mol. The number of rotatable bonds is 3. The van der Waals surface area contributed by atoms with E-state index in [9.17, 15) is 13.2 Å². The molecule has 0 saturated carbocycles. The third-order valence-electron chi connectivity index (χ3n) is 3.98. The van der Waals surface area contributed by atoms with Crippen molar-refractivity contribution in [3.05, 3.63) is 0 Å². The van der Waals surface area contributed by atoms with Gasteiger partial charge in [-0.2, -0.15) is 18.4 Å². The average molecular weight is 261 g/mol. The Labute approximate surface area is 105 Å². The summed E-state index contributed by atoms with van der Waals surface area (Å²) in [6.07, 6.45) is -0.280. The second kappa shape index (κ2) is 5.45. The molecule has 6 heteroatoms. The Kier molecular flexibility index (Phi) is 4.13. The molecule has 0 bridgehead atoms. The standard InChI is InChI=1S/C12H18F3N3/c13-12(14,15)9(7-16)8-17-10-3-5-18-4-1-2-11(18)6-10/h9-11,17H,1-6,8H2. The molecule has 0 radical (unpaired) electrons. The summed E-state index contributed by atoms with van der Waals surface area (Å²) in [7, 11) is 0. The van der Waals surface area contributed by atoms with Crippen molar-refractivity contribution >= 4 is 0 Å². The molecular formula is C12H18F3N3. The molecule has 0 aromatic rings. The van der Waals surface area contributed by atoms with Crippen molar-refractivity contribution in [2.75, 3.05) is 19.6 Å². The molecule has 3 unspecified atom stereocenters. The zero-order valence-corrected chi connectivity index (χ0v) is 10.2. The summed E-state index contributed by atoms with van der Waals surface area (Å²) < 4.78 is 37.3. The highest BCUT2D eigenvalue weighted by Crippen LogP contribution is 2.28. The van der Waals surface area contributed by atoms with Crippen LogP contribution in [0, 0.1) is 17.2 Å². The lowest BCUT2D eigenvalue weighted by Gasteiger charge is -2.35. The van der Waals surface area contributed by atoms with Crippen LogP contribution < -0.4 is 5.32 Å². The van der Waals surface area contributed by atoms with Crippen molar-refractivity contribution in [1.82, 2.24) is 10.2 Å². The minimum absolute atomic E-state index is 0.127. The molecule has 2 heterocycles. The lowest BCUT2D eigenvalue weighted by atomic mass is 9.97. The van der Waals surface area contributed by atoms with Crippen LogP contribution in [0.3, 0.4) is 0 Å². The van der Waals surface area contributed by atoms with Crippen LogP contribution >= 0.6 is 0 Å². The molecule has 102 valence electrons. The fraction of sp³-hybridized carbons (Fsp3) is 0.917. The summed E-state index contributed by atoms with van der Waals surface area (Å²) in [5.74, 6) is -1.89. The van der Waals surface area contributed by atoms with Crippen molar-refractivity contribution in [2.24, 2.45) is 5.92 Å². The number of piperidine rings is 1. The number of halogens is 3. The summed E-state index contributed by atoms with van der Waals surface area (Å²) in [5.41, 5.74) is 0. The predicted octanol–water partition coefficient (Wildman–Crippen LogP) is 1.90. The van der Waals surface area contributed by atoms with Crippen LogP contribution in [-0.4, -0.2) is 42.8 Å². The van der Waals surface area contributed by atoms with Crippen LogP contribution in [0.2, 0.25) is 0 Å². The van der Waals surface area contributed by atoms with E-state index in [4.69, 9.17) is 5.26 Å². The number of fused-ring (bicyclic) bond motifs is 1. The summed E-state index contributed by atoms with van der Waals surface area (Å²) >= 11 is 0. The van der Waals surface area contributed by atoms with Gasteiger partial charge in [0.05, 0.1) is 6.07 Å². The third-order valence-corrected chi connectivity index (χ3v) is 3.98. The molecule has 1 N–H and O–H groups in total. The van der Waals surface area contributed by atoms with E-state index in [0.29, 0.717) is 6.04 Å². The van der Waals surface area contributed by atoms with Gasteiger partial charge in [-0.25, -0.2) is 0 Å². The first-order valence-corrected chi connectivity index (χ1v) is 6.44. The highest BCUT2D eigenvalue weighted by molar-refractivity contribution is 4.93. The van der Waals surface area contributed by atoms with Gasteiger partial charge in [-0.05, 0) is 38.8 Å².